The first-order chi connectivity index (χ1) is 11.3. The van der Waals surface area contributed by atoms with E-state index in [9.17, 15) is 9.18 Å². The summed E-state index contributed by atoms with van der Waals surface area (Å²) < 4.78 is 19.9. The van der Waals surface area contributed by atoms with E-state index in [1.54, 1.807) is 10.7 Å². The van der Waals surface area contributed by atoms with Crippen LogP contribution in [-0.4, -0.2) is 33.0 Å². The first kappa shape index (κ1) is 18.4. The fourth-order valence-electron chi connectivity index (χ4n) is 1.99. The molecule has 24 heavy (non-hydrogen) atoms. The first-order valence-corrected chi connectivity index (χ1v) is 8.62. The van der Waals surface area contributed by atoms with Gasteiger partial charge in [0.15, 0.2) is 0 Å². The number of carbonyl (C=O) groups is 1. The second-order valence-electron chi connectivity index (χ2n) is 6.17. The van der Waals surface area contributed by atoms with Gasteiger partial charge in [0.1, 0.15) is 17.1 Å². The number of ether oxygens (including phenoxy) is 1. The third kappa shape index (κ3) is 5.30. The Hall–Kier alpha value is -1.96. The van der Waals surface area contributed by atoms with Crippen molar-refractivity contribution in [1.29, 1.82) is 0 Å². The predicted molar refractivity (Wildman–Crippen MR) is 92.3 cm³/mol. The molecule has 0 fully saturated rings. The zero-order valence-electron chi connectivity index (χ0n) is 13.8. The second kappa shape index (κ2) is 7.74. The topological polar surface area (TPSA) is 69.0 Å². The average molecular weight is 399 g/mol. The molecule has 0 spiro atoms. The number of alkyl halides is 1. The minimum absolute atomic E-state index is 0.382. The van der Waals surface area contributed by atoms with Gasteiger partial charge in [-0.3, -0.25) is 9.67 Å². The first-order valence-electron chi connectivity index (χ1n) is 7.50. The normalized spacial score (nSPS) is 11.4. The highest BCUT2D eigenvalue weighted by molar-refractivity contribution is 9.08. The molecular weight excluding hydrogens is 379 g/mol. The highest BCUT2D eigenvalue weighted by atomic mass is 79.9. The van der Waals surface area contributed by atoms with Crippen molar-refractivity contribution in [3.8, 4) is 11.4 Å². The fourth-order valence-corrected chi connectivity index (χ4v) is 2.44. The van der Waals surface area contributed by atoms with Crippen molar-refractivity contribution in [2.24, 2.45) is 0 Å². The molecule has 2 heterocycles. The van der Waals surface area contributed by atoms with E-state index in [4.69, 9.17) is 4.74 Å². The number of halogens is 2. The molecule has 1 N–H and O–H groups in total. The molecule has 130 valence electrons. The van der Waals surface area contributed by atoms with Gasteiger partial charge < -0.3 is 10.1 Å². The molecule has 0 aliphatic heterocycles. The van der Waals surface area contributed by atoms with E-state index >= 15 is 0 Å². The summed E-state index contributed by atoms with van der Waals surface area (Å²) in [5.41, 5.74) is 1.65. The molecule has 0 bridgehead atoms. The van der Waals surface area contributed by atoms with Gasteiger partial charge in [0.05, 0.1) is 18.4 Å². The molecule has 2 aromatic heterocycles. The average Bonchev–Trinajstić information content (AvgIpc) is 2.89. The van der Waals surface area contributed by atoms with Crippen LogP contribution in [0.3, 0.4) is 0 Å². The Balaban J connectivity index is 2.00. The van der Waals surface area contributed by atoms with Gasteiger partial charge in [0.25, 0.3) is 0 Å². The van der Waals surface area contributed by atoms with E-state index in [-0.39, 0.29) is 5.82 Å². The summed E-state index contributed by atoms with van der Waals surface area (Å²) in [7, 11) is 0. The van der Waals surface area contributed by atoms with Crippen LogP contribution in [0.25, 0.3) is 11.4 Å². The maximum Gasteiger partial charge on any atom is 0.407 e. The Morgan fingerprint density at radius 3 is 2.71 bits per heavy atom. The van der Waals surface area contributed by atoms with E-state index < -0.39 is 11.7 Å². The molecule has 0 atom stereocenters. The molecule has 2 rings (SSSR count). The molecule has 6 nitrogen and oxygen atoms in total. The summed E-state index contributed by atoms with van der Waals surface area (Å²) in [5, 5.41) is 7.76. The molecule has 0 saturated heterocycles. The van der Waals surface area contributed by atoms with Crippen molar-refractivity contribution in [2.45, 2.75) is 38.2 Å². The fraction of sp³-hybridized carbons (Fsp3) is 0.438. The van der Waals surface area contributed by atoms with Gasteiger partial charge in [-0.2, -0.15) is 5.10 Å². The van der Waals surface area contributed by atoms with Crippen LogP contribution in [0.4, 0.5) is 9.18 Å². The van der Waals surface area contributed by atoms with E-state index in [0.717, 1.165) is 11.9 Å². The van der Waals surface area contributed by atoms with Crippen molar-refractivity contribution in [2.75, 3.05) is 6.54 Å². The molecule has 0 aliphatic carbocycles. The molecule has 8 heteroatoms. The summed E-state index contributed by atoms with van der Waals surface area (Å²) in [6, 6.07) is 4.81. The summed E-state index contributed by atoms with van der Waals surface area (Å²) in [6.07, 6.45) is 0.696. The van der Waals surface area contributed by atoms with Crippen LogP contribution < -0.4 is 5.32 Å². The van der Waals surface area contributed by atoms with Crippen molar-refractivity contribution in [3.05, 3.63) is 35.9 Å². The van der Waals surface area contributed by atoms with Gasteiger partial charge in [-0.15, -0.1) is 0 Å². The molecule has 0 saturated carbocycles. The minimum Gasteiger partial charge on any atom is -0.444 e. The summed E-state index contributed by atoms with van der Waals surface area (Å²) >= 11 is 3.41. The number of nitrogens with one attached hydrogen (secondary N) is 1. The zero-order chi connectivity index (χ0) is 17.7. The van der Waals surface area contributed by atoms with Gasteiger partial charge in [-0.1, -0.05) is 15.9 Å². The number of rotatable bonds is 5. The number of carbonyl (C=O) groups excluding carboxylic acids is 1. The van der Waals surface area contributed by atoms with Crippen molar-refractivity contribution in [3.63, 3.8) is 0 Å². The largest absolute Gasteiger partial charge is 0.444 e. The Morgan fingerprint density at radius 2 is 2.12 bits per heavy atom. The lowest BCUT2D eigenvalue weighted by molar-refractivity contribution is 0.0525. The third-order valence-corrected chi connectivity index (χ3v) is 3.56. The summed E-state index contributed by atoms with van der Waals surface area (Å²) in [4.78, 5) is 15.7. The second-order valence-corrected chi connectivity index (χ2v) is 6.73. The lowest BCUT2D eigenvalue weighted by atomic mass is 10.2. The third-order valence-electron chi connectivity index (χ3n) is 2.98. The molecule has 0 unspecified atom stereocenters. The Kier molecular flexibility index (Phi) is 5.93. The van der Waals surface area contributed by atoms with Crippen LogP contribution in [0, 0.1) is 5.82 Å². The van der Waals surface area contributed by atoms with E-state index in [1.165, 1.54) is 6.07 Å². The highest BCUT2D eigenvalue weighted by Gasteiger charge is 2.16. The standard InChI is InChI=1S/C16H20BrFN4O2/c1-16(2,3)24-15(23)19-6-7-22-12(9-17)8-14(21-22)13-5-4-11(18)10-20-13/h4-5,8,10H,6-7,9H2,1-3H3,(H,19,23). The number of nitrogens with zero attached hydrogens (tertiary/aromatic N) is 3. The van der Waals surface area contributed by atoms with Crippen molar-refractivity contribution >= 4 is 22.0 Å². The lowest BCUT2D eigenvalue weighted by Crippen LogP contribution is -2.34. The number of amides is 1. The summed E-state index contributed by atoms with van der Waals surface area (Å²) in [5.74, 6) is -0.388. The van der Waals surface area contributed by atoms with Crippen LogP contribution in [-0.2, 0) is 16.6 Å². The number of alkyl carbamates (subject to hydrolysis) is 1. The summed E-state index contributed by atoms with van der Waals surface area (Å²) in [6.45, 7) is 6.30. The van der Waals surface area contributed by atoms with Gasteiger partial charge in [-0.25, -0.2) is 9.18 Å². The van der Waals surface area contributed by atoms with Gasteiger partial charge in [0.2, 0.25) is 0 Å². The Bertz CT molecular complexity index is 695. The maximum atomic E-state index is 13.0. The zero-order valence-corrected chi connectivity index (χ0v) is 15.4. The van der Waals surface area contributed by atoms with Crippen molar-refractivity contribution in [1.82, 2.24) is 20.1 Å². The smallest absolute Gasteiger partial charge is 0.407 e. The number of aromatic nitrogens is 3. The number of pyridine rings is 1. The number of hydrogen-bond donors (Lipinski definition) is 1. The minimum atomic E-state index is -0.530. The predicted octanol–water partition coefficient (Wildman–Crippen LogP) is 3.50. The molecule has 0 aliphatic rings. The Labute approximate surface area is 148 Å². The SMILES string of the molecule is CC(C)(C)OC(=O)NCCn1nc(-c2ccc(F)cn2)cc1CBr. The quantitative estimate of drug-likeness (QED) is 0.782. The van der Waals surface area contributed by atoms with Gasteiger partial charge in [-0.05, 0) is 39.0 Å². The van der Waals surface area contributed by atoms with Crippen LogP contribution in [0.5, 0.6) is 0 Å². The van der Waals surface area contributed by atoms with Crippen LogP contribution >= 0.6 is 15.9 Å². The molecule has 2 aromatic rings. The molecule has 0 aromatic carbocycles. The molecule has 0 radical (unpaired) electrons. The van der Waals surface area contributed by atoms with Crippen LogP contribution in [0.2, 0.25) is 0 Å². The van der Waals surface area contributed by atoms with Gasteiger partial charge in [0, 0.05) is 17.6 Å². The van der Waals surface area contributed by atoms with Gasteiger partial charge >= 0.3 is 6.09 Å². The van der Waals surface area contributed by atoms with Crippen LogP contribution in [0.1, 0.15) is 26.5 Å². The van der Waals surface area contributed by atoms with E-state index in [2.05, 4.69) is 31.3 Å². The van der Waals surface area contributed by atoms with Crippen molar-refractivity contribution < 1.29 is 13.9 Å². The van der Waals surface area contributed by atoms with E-state index in [0.29, 0.717) is 29.8 Å². The number of hydrogen-bond acceptors (Lipinski definition) is 4. The molecule has 1 amide bonds. The van der Waals surface area contributed by atoms with Crippen LogP contribution in [0.15, 0.2) is 24.4 Å². The Morgan fingerprint density at radius 1 is 1.38 bits per heavy atom. The molecular formula is C16H20BrFN4O2. The monoisotopic (exact) mass is 398 g/mol. The van der Waals surface area contributed by atoms with E-state index in [1.807, 2.05) is 26.8 Å². The lowest BCUT2D eigenvalue weighted by Gasteiger charge is -2.19. The maximum absolute atomic E-state index is 13.0. The highest BCUT2D eigenvalue weighted by Crippen LogP contribution is 2.18.